The molecule has 146 valence electrons. The van der Waals surface area contributed by atoms with E-state index in [4.69, 9.17) is 10.7 Å². The molecule has 3 heterocycles. The third-order valence-electron chi connectivity index (χ3n) is 4.99. The van der Waals surface area contributed by atoms with Crippen LogP contribution in [0.4, 0.5) is 5.69 Å². The number of aromatic nitrogens is 2. The van der Waals surface area contributed by atoms with Crippen LogP contribution in [0, 0.1) is 0 Å². The van der Waals surface area contributed by atoms with Gasteiger partial charge in [0.15, 0.2) is 0 Å². The van der Waals surface area contributed by atoms with E-state index in [-0.39, 0.29) is 5.78 Å². The predicted octanol–water partition coefficient (Wildman–Crippen LogP) is 6.31. The minimum atomic E-state index is -0.118. The first-order chi connectivity index (χ1) is 14.6. The summed E-state index contributed by atoms with van der Waals surface area (Å²) in [6, 6.07) is 23.1. The zero-order valence-corrected chi connectivity index (χ0v) is 18.2. The maximum atomic E-state index is 13.3. The molecule has 6 heteroatoms. The Morgan fingerprint density at radius 1 is 0.967 bits per heavy atom. The van der Waals surface area contributed by atoms with Crippen molar-refractivity contribution in [2.24, 2.45) is 0 Å². The molecule has 0 bridgehead atoms. The normalized spacial score (nSPS) is 11.1. The van der Waals surface area contributed by atoms with Gasteiger partial charge in [-0.1, -0.05) is 52.3 Å². The number of carbonyl (C=O) groups is 1. The number of fused-ring (bicyclic) bond motifs is 1. The quantitative estimate of drug-likeness (QED) is 0.311. The summed E-state index contributed by atoms with van der Waals surface area (Å²) >= 11 is 4.94. The Balaban J connectivity index is 1.68. The van der Waals surface area contributed by atoms with E-state index in [1.54, 1.807) is 12.1 Å². The number of anilines is 1. The summed E-state index contributed by atoms with van der Waals surface area (Å²) in [4.78, 5) is 18.2. The molecule has 2 N–H and O–H groups in total. The molecule has 0 aliphatic carbocycles. The van der Waals surface area contributed by atoms with Gasteiger partial charge < -0.3 is 10.1 Å². The second kappa shape index (κ2) is 7.55. The van der Waals surface area contributed by atoms with Gasteiger partial charge in [0, 0.05) is 27.2 Å². The predicted molar refractivity (Wildman–Crippen MR) is 126 cm³/mol. The highest BCUT2D eigenvalue weighted by molar-refractivity contribution is 9.10. The fourth-order valence-electron chi connectivity index (χ4n) is 3.55. The van der Waals surface area contributed by atoms with Crippen LogP contribution in [0.1, 0.15) is 16.1 Å². The lowest BCUT2D eigenvalue weighted by Crippen LogP contribution is -2.07. The van der Waals surface area contributed by atoms with E-state index in [0.29, 0.717) is 16.9 Å². The Hall–Kier alpha value is -3.22. The zero-order valence-electron chi connectivity index (χ0n) is 15.7. The molecule has 0 atom stereocenters. The fraction of sp³-hybridized carbons (Fsp3) is 0. The number of hydrogen-bond acceptors (Lipinski definition) is 4. The number of nitrogens with two attached hydrogens (primary N) is 1. The number of carbonyl (C=O) groups excluding carboxylic acids is 1. The molecule has 2 aromatic carbocycles. The molecule has 5 rings (SSSR count). The number of benzene rings is 2. The molecule has 0 fully saturated rings. The van der Waals surface area contributed by atoms with Crippen molar-refractivity contribution < 1.29 is 4.79 Å². The van der Waals surface area contributed by atoms with Gasteiger partial charge in [-0.3, -0.25) is 4.79 Å². The van der Waals surface area contributed by atoms with Crippen molar-refractivity contribution in [2.45, 2.75) is 0 Å². The molecule has 0 aliphatic rings. The van der Waals surface area contributed by atoms with E-state index >= 15 is 0 Å². The molecule has 0 saturated carbocycles. The van der Waals surface area contributed by atoms with Crippen LogP contribution in [0.15, 0.2) is 88.8 Å². The fourth-order valence-corrected chi connectivity index (χ4v) is 4.71. The van der Waals surface area contributed by atoms with Crippen molar-refractivity contribution in [2.75, 3.05) is 5.73 Å². The van der Waals surface area contributed by atoms with Crippen LogP contribution in [0.5, 0.6) is 0 Å². The lowest BCUT2D eigenvalue weighted by Gasteiger charge is -2.04. The molecule has 4 nitrogen and oxygen atoms in total. The molecular weight excluding hydrogens is 458 g/mol. The molecule has 5 aromatic rings. The Labute approximate surface area is 185 Å². The van der Waals surface area contributed by atoms with Gasteiger partial charge in [0.05, 0.1) is 22.5 Å². The summed E-state index contributed by atoms with van der Waals surface area (Å²) in [6.07, 6.45) is 1.87. The summed E-state index contributed by atoms with van der Waals surface area (Å²) in [5.41, 5.74) is 11.7. The van der Waals surface area contributed by atoms with E-state index in [0.717, 1.165) is 31.8 Å². The SMILES string of the molecule is Nc1c(-c2nc(-c3ccccc3)cs2)c2ccccn2c1C(=O)c1ccc(Br)cc1. The number of nitrogens with zero attached hydrogens (tertiary/aromatic N) is 2. The van der Waals surface area contributed by atoms with Crippen molar-refractivity contribution in [3.05, 3.63) is 100 Å². The number of ketones is 1. The Kier molecular flexibility index (Phi) is 4.73. The highest BCUT2D eigenvalue weighted by atomic mass is 79.9. The highest BCUT2D eigenvalue weighted by Crippen LogP contribution is 2.39. The van der Waals surface area contributed by atoms with E-state index in [1.807, 2.05) is 76.6 Å². The first-order valence-corrected chi connectivity index (χ1v) is 11.0. The number of pyridine rings is 1. The lowest BCUT2D eigenvalue weighted by atomic mass is 10.1. The zero-order chi connectivity index (χ0) is 20.7. The molecule has 0 saturated heterocycles. The third-order valence-corrected chi connectivity index (χ3v) is 6.38. The van der Waals surface area contributed by atoms with Crippen molar-refractivity contribution >= 4 is 44.3 Å². The van der Waals surface area contributed by atoms with Crippen molar-refractivity contribution in [1.82, 2.24) is 9.38 Å². The van der Waals surface area contributed by atoms with Gasteiger partial charge in [0.2, 0.25) is 5.78 Å². The number of rotatable bonds is 4. The molecule has 0 amide bonds. The Bertz CT molecular complexity index is 1370. The number of hydrogen-bond donors (Lipinski definition) is 1. The van der Waals surface area contributed by atoms with E-state index in [1.165, 1.54) is 11.3 Å². The first-order valence-electron chi connectivity index (χ1n) is 9.33. The van der Waals surface area contributed by atoms with Gasteiger partial charge in [-0.15, -0.1) is 11.3 Å². The van der Waals surface area contributed by atoms with E-state index in [9.17, 15) is 4.79 Å². The van der Waals surface area contributed by atoms with Crippen LogP contribution in [0.3, 0.4) is 0 Å². The maximum Gasteiger partial charge on any atom is 0.211 e. The van der Waals surface area contributed by atoms with Gasteiger partial charge in [0.25, 0.3) is 0 Å². The molecule has 3 aromatic heterocycles. The smallest absolute Gasteiger partial charge is 0.211 e. The van der Waals surface area contributed by atoms with Crippen LogP contribution in [0.25, 0.3) is 27.3 Å². The Morgan fingerprint density at radius 2 is 1.70 bits per heavy atom. The van der Waals surface area contributed by atoms with Gasteiger partial charge in [-0.2, -0.15) is 0 Å². The second-order valence-corrected chi connectivity index (χ2v) is 8.61. The molecule has 0 aliphatic heterocycles. The Morgan fingerprint density at radius 3 is 2.47 bits per heavy atom. The molecule has 30 heavy (non-hydrogen) atoms. The second-order valence-electron chi connectivity index (χ2n) is 6.83. The van der Waals surface area contributed by atoms with Crippen LogP contribution in [0.2, 0.25) is 0 Å². The van der Waals surface area contributed by atoms with Gasteiger partial charge >= 0.3 is 0 Å². The number of nitrogen functional groups attached to an aromatic ring is 1. The largest absolute Gasteiger partial charge is 0.396 e. The topological polar surface area (TPSA) is 60.4 Å². The summed E-state index contributed by atoms with van der Waals surface area (Å²) in [7, 11) is 0. The van der Waals surface area contributed by atoms with Crippen molar-refractivity contribution in [3.63, 3.8) is 0 Å². The minimum absolute atomic E-state index is 0.118. The molecule has 0 unspecified atom stereocenters. The highest BCUT2D eigenvalue weighted by Gasteiger charge is 2.24. The van der Waals surface area contributed by atoms with Crippen LogP contribution < -0.4 is 5.73 Å². The van der Waals surface area contributed by atoms with Crippen LogP contribution in [-0.4, -0.2) is 15.2 Å². The number of thiazole rings is 1. The lowest BCUT2D eigenvalue weighted by molar-refractivity contribution is 0.103. The summed E-state index contributed by atoms with van der Waals surface area (Å²) in [6.45, 7) is 0. The molecular formula is C24H16BrN3OS. The van der Waals surface area contributed by atoms with E-state index < -0.39 is 0 Å². The van der Waals surface area contributed by atoms with Crippen LogP contribution in [-0.2, 0) is 0 Å². The monoisotopic (exact) mass is 473 g/mol. The van der Waals surface area contributed by atoms with Crippen molar-refractivity contribution in [3.8, 4) is 21.8 Å². The first kappa shape index (κ1) is 18.8. The van der Waals surface area contributed by atoms with Gasteiger partial charge in [-0.25, -0.2) is 4.98 Å². The van der Waals surface area contributed by atoms with Crippen LogP contribution >= 0.6 is 27.3 Å². The average molecular weight is 474 g/mol. The van der Waals surface area contributed by atoms with Gasteiger partial charge in [0.1, 0.15) is 10.7 Å². The summed E-state index contributed by atoms with van der Waals surface area (Å²) in [5, 5.41) is 2.82. The standard InChI is InChI=1S/C24H16BrN3OS/c25-17-11-9-16(10-12-17)23(29)22-21(26)20(19-8-4-5-13-28(19)22)24-27-18(14-30-24)15-6-2-1-3-7-15/h1-14H,26H2. The summed E-state index contributed by atoms with van der Waals surface area (Å²) in [5.74, 6) is -0.118. The minimum Gasteiger partial charge on any atom is -0.396 e. The third kappa shape index (κ3) is 3.14. The molecule has 0 spiro atoms. The number of halogens is 1. The molecule has 0 radical (unpaired) electrons. The average Bonchev–Trinajstić information content (AvgIpc) is 3.36. The van der Waals surface area contributed by atoms with E-state index in [2.05, 4.69) is 15.9 Å². The maximum absolute atomic E-state index is 13.3. The van der Waals surface area contributed by atoms with Crippen molar-refractivity contribution in [1.29, 1.82) is 0 Å². The van der Waals surface area contributed by atoms with Gasteiger partial charge in [-0.05, 0) is 36.4 Å². The summed E-state index contributed by atoms with van der Waals surface area (Å²) < 4.78 is 2.78.